The van der Waals surface area contributed by atoms with E-state index >= 15 is 0 Å². The molecule has 1 aliphatic heterocycles. The molecule has 0 bridgehead atoms. The van der Waals surface area contributed by atoms with Crippen LogP contribution in [0.3, 0.4) is 0 Å². The van der Waals surface area contributed by atoms with Gasteiger partial charge in [-0.3, -0.25) is 14.6 Å². The molecule has 0 saturated carbocycles. The minimum absolute atomic E-state index is 0. The predicted molar refractivity (Wildman–Crippen MR) is 142 cm³/mol. The molecule has 2 aromatic carbocycles. The smallest absolute Gasteiger partial charge is 0.266 e. The molecule has 3 aromatic rings. The van der Waals surface area contributed by atoms with Crippen molar-refractivity contribution in [3.63, 3.8) is 0 Å². The molecule has 190 valence electrons. The zero-order chi connectivity index (χ0) is 24.3. The van der Waals surface area contributed by atoms with Crippen molar-refractivity contribution in [3.8, 4) is 5.75 Å². The summed E-state index contributed by atoms with van der Waals surface area (Å²) in [6.07, 6.45) is 1.16. The van der Waals surface area contributed by atoms with Crippen LogP contribution in [0.15, 0.2) is 41.3 Å². The minimum atomic E-state index is -3.35. The van der Waals surface area contributed by atoms with Crippen molar-refractivity contribution in [1.82, 2.24) is 9.88 Å². The van der Waals surface area contributed by atoms with Gasteiger partial charge in [-0.25, -0.2) is 13.4 Å². The predicted octanol–water partition coefficient (Wildman–Crippen LogP) is 4.17. The normalized spacial score (nSPS) is 14.5. The largest absolute Gasteiger partial charge is 0.482 e. The number of hydrogen-bond donors (Lipinski definition) is 0. The summed E-state index contributed by atoms with van der Waals surface area (Å²) in [5, 5.41) is 1.26. The minimum Gasteiger partial charge on any atom is -0.482 e. The number of aromatic nitrogens is 1. The first kappa shape index (κ1) is 27.9. The lowest BCUT2D eigenvalue weighted by atomic mass is 10.3. The van der Waals surface area contributed by atoms with Crippen LogP contribution < -0.4 is 9.64 Å². The van der Waals surface area contributed by atoms with Crippen LogP contribution in [0.1, 0.15) is 0 Å². The average Bonchev–Trinajstić information content (AvgIpc) is 3.22. The van der Waals surface area contributed by atoms with E-state index in [-0.39, 0.29) is 29.8 Å². The van der Waals surface area contributed by atoms with Crippen molar-refractivity contribution in [1.29, 1.82) is 0 Å². The van der Waals surface area contributed by atoms with E-state index in [9.17, 15) is 13.2 Å². The molecule has 0 atom stereocenters. The molecular formula is C22H24Cl3N3O5S2. The van der Waals surface area contributed by atoms with E-state index in [0.717, 1.165) is 19.3 Å². The number of nitrogens with zero attached hydrogens (tertiary/aromatic N) is 3. The maximum absolute atomic E-state index is 13.2. The van der Waals surface area contributed by atoms with Gasteiger partial charge in [0, 0.05) is 37.5 Å². The van der Waals surface area contributed by atoms with Crippen LogP contribution in [0.2, 0.25) is 10.0 Å². The number of anilines is 1. The van der Waals surface area contributed by atoms with E-state index in [1.807, 2.05) is 0 Å². The highest BCUT2D eigenvalue weighted by atomic mass is 35.5. The Morgan fingerprint density at radius 2 is 1.94 bits per heavy atom. The second-order valence-electron chi connectivity index (χ2n) is 7.76. The van der Waals surface area contributed by atoms with E-state index in [1.54, 1.807) is 35.2 Å². The Balaban J connectivity index is 0.00000342. The molecule has 1 aromatic heterocycles. The molecule has 1 fully saturated rings. The van der Waals surface area contributed by atoms with Crippen LogP contribution in [0, 0.1) is 0 Å². The molecule has 4 rings (SSSR count). The Labute approximate surface area is 224 Å². The van der Waals surface area contributed by atoms with Gasteiger partial charge in [-0.05, 0) is 36.4 Å². The number of hydrogen-bond acceptors (Lipinski definition) is 8. The molecule has 13 heteroatoms. The van der Waals surface area contributed by atoms with Crippen molar-refractivity contribution < 1.29 is 22.7 Å². The summed E-state index contributed by atoms with van der Waals surface area (Å²) in [4.78, 5) is 21.8. The summed E-state index contributed by atoms with van der Waals surface area (Å²) in [6.45, 7) is 3.68. The second-order valence-corrected chi connectivity index (χ2v) is 11.6. The van der Waals surface area contributed by atoms with Crippen LogP contribution in [-0.2, 0) is 19.4 Å². The number of amides is 1. The summed E-state index contributed by atoms with van der Waals surface area (Å²) in [6, 6.07) is 9.55. The van der Waals surface area contributed by atoms with Gasteiger partial charge in [-0.1, -0.05) is 34.5 Å². The van der Waals surface area contributed by atoms with Gasteiger partial charge >= 0.3 is 0 Å². The summed E-state index contributed by atoms with van der Waals surface area (Å²) in [7, 11) is -3.35. The lowest BCUT2D eigenvalue weighted by Crippen LogP contribution is -2.44. The fourth-order valence-corrected chi connectivity index (χ4v) is 5.67. The summed E-state index contributed by atoms with van der Waals surface area (Å²) in [5.74, 6) is 0.0660. The molecule has 1 saturated heterocycles. The Kier molecular flexibility index (Phi) is 9.61. The number of ether oxygens (including phenoxy) is 2. The Bertz CT molecular complexity index is 1300. The van der Waals surface area contributed by atoms with Crippen LogP contribution in [0.4, 0.5) is 5.13 Å². The summed E-state index contributed by atoms with van der Waals surface area (Å²) in [5.41, 5.74) is 0.623. The third-order valence-corrected chi connectivity index (χ3v) is 7.98. The first-order chi connectivity index (χ1) is 16.2. The van der Waals surface area contributed by atoms with Crippen LogP contribution in [-0.4, -0.2) is 76.5 Å². The summed E-state index contributed by atoms with van der Waals surface area (Å²) < 4.78 is 35.6. The van der Waals surface area contributed by atoms with E-state index in [1.165, 1.54) is 17.4 Å². The van der Waals surface area contributed by atoms with Crippen molar-refractivity contribution in [2.75, 3.05) is 57.2 Å². The molecule has 1 aliphatic rings. The zero-order valence-corrected chi connectivity index (χ0v) is 22.7. The van der Waals surface area contributed by atoms with Gasteiger partial charge in [0.2, 0.25) is 0 Å². The third-order valence-electron chi connectivity index (χ3n) is 5.30. The van der Waals surface area contributed by atoms with Gasteiger partial charge in [0.05, 0.1) is 33.3 Å². The number of morpholine rings is 1. The maximum atomic E-state index is 13.2. The van der Waals surface area contributed by atoms with Crippen molar-refractivity contribution >= 4 is 78.0 Å². The topological polar surface area (TPSA) is 89.0 Å². The standard InChI is InChI=1S/C22H23Cl2N3O5S2.ClH/c1-34(29,30)16-3-4-18-20(13-16)33-22(25-18)27(7-6-26-8-10-31-11-9-26)21(28)14-32-19-5-2-15(23)12-17(19)24;/h2-5,12-13H,6-11,14H2,1H3;1H. The highest BCUT2D eigenvalue weighted by Gasteiger charge is 2.23. The van der Waals surface area contributed by atoms with Gasteiger partial charge in [0.15, 0.2) is 21.6 Å². The van der Waals surface area contributed by atoms with E-state index in [2.05, 4.69) is 9.88 Å². The van der Waals surface area contributed by atoms with Crippen LogP contribution in [0.25, 0.3) is 10.2 Å². The number of carbonyl (C=O) groups excluding carboxylic acids is 1. The van der Waals surface area contributed by atoms with Crippen LogP contribution >= 0.6 is 46.9 Å². The fraction of sp³-hybridized carbons (Fsp3) is 0.364. The summed E-state index contributed by atoms with van der Waals surface area (Å²) >= 11 is 13.4. The number of rotatable bonds is 8. The van der Waals surface area contributed by atoms with Crippen molar-refractivity contribution in [2.24, 2.45) is 0 Å². The fourth-order valence-electron chi connectivity index (χ4n) is 3.44. The van der Waals surface area contributed by atoms with Crippen LogP contribution in [0.5, 0.6) is 5.75 Å². The van der Waals surface area contributed by atoms with E-state index in [4.69, 9.17) is 32.7 Å². The Morgan fingerprint density at radius 3 is 2.63 bits per heavy atom. The van der Waals surface area contributed by atoms with Gasteiger partial charge < -0.3 is 9.47 Å². The SMILES string of the molecule is CS(=O)(=O)c1ccc2nc(N(CCN3CCOCC3)C(=O)COc3ccc(Cl)cc3Cl)sc2c1.Cl. The molecular weight excluding hydrogens is 557 g/mol. The van der Waals surface area contributed by atoms with Crippen molar-refractivity contribution in [2.45, 2.75) is 4.90 Å². The Morgan fingerprint density at radius 1 is 1.20 bits per heavy atom. The van der Waals surface area contributed by atoms with Gasteiger partial charge in [-0.15, -0.1) is 12.4 Å². The quantitative estimate of drug-likeness (QED) is 0.395. The lowest BCUT2D eigenvalue weighted by molar-refractivity contribution is -0.120. The second kappa shape index (κ2) is 12.1. The number of fused-ring (bicyclic) bond motifs is 1. The first-order valence-electron chi connectivity index (χ1n) is 10.5. The number of sulfone groups is 1. The van der Waals surface area contributed by atoms with Gasteiger partial charge in [-0.2, -0.15) is 0 Å². The molecule has 0 unspecified atom stereocenters. The number of carbonyl (C=O) groups is 1. The zero-order valence-electron chi connectivity index (χ0n) is 18.8. The number of halogens is 3. The third kappa shape index (κ3) is 7.19. The maximum Gasteiger partial charge on any atom is 0.266 e. The van der Waals surface area contributed by atoms with Gasteiger partial charge in [0.25, 0.3) is 5.91 Å². The molecule has 0 spiro atoms. The average molecular weight is 581 g/mol. The van der Waals surface area contributed by atoms with Gasteiger partial charge in [0.1, 0.15) is 5.75 Å². The molecule has 2 heterocycles. The molecule has 8 nitrogen and oxygen atoms in total. The number of thiazole rings is 1. The Hall–Kier alpha value is -1.66. The molecule has 0 N–H and O–H groups in total. The molecule has 0 aliphatic carbocycles. The van der Waals surface area contributed by atoms with E-state index < -0.39 is 9.84 Å². The highest BCUT2D eigenvalue weighted by molar-refractivity contribution is 7.90. The first-order valence-corrected chi connectivity index (χ1v) is 14.0. The molecule has 0 radical (unpaired) electrons. The molecule has 1 amide bonds. The number of benzene rings is 2. The molecule has 35 heavy (non-hydrogen) atoms. The highest BCUT2D eigenvalue weighted by Crippen LogP contribution is 2.31. The van der Waals surface area contributed by atoms with E-state index in [0.29, 0.717) is 57.4 Å². The lowest BCUT2D eigenvalue weighted by Gasteiger charge is -2.29. The van der Waals surface area contributed by atoms with Crippen molar-refractivity contribution in [3.05, 3.63) is 46.4 Å². The monoisotopic (exact) mass is 579 g/mol.